The molecule has 1 saturated heterocycles. The molecule has 8 heteroatoms. The maximum Gasteiger partial charge on any atom is 0.265 e. The van der Waals surface area contributed by atoms with Gasteiger partial charge in [-0.05, 0) is 38.5 Å². The minimum Gasteiger partial charge on any atom is -0.312 e. The van der Waals surface area contributed by atoms with Gasteiger partial charge < -0.3 is 4.90 Å². The molecule has 0 spiro atoms. The van der Waals surface area contributed by atoms with Crippen molar-refractivity contribution in [3.8, 4) is 0 Å². The molecule has 1 amide bonds. The standard InChI is InChI=1S/C16H20N4O3S/c1-11-16(12(2)19(3)17-11)24(22,23)18-13-6-4-7-14(10-13)20-9-5-8-15(20)21/h4,6-7,10,18H,5,8-9H2,1-3H3. The Morgan fingerprint density at radius 2 is 2.00 bits per heavy atom. The van der Waals surface area contributed by atoms with Gasteiger partial charge in [0.2, 0.25) is 5.91 Å². The Morgan fingerprint density at radius 1 is 1.25 bits per heavy atom. The molecule has 128 valence electrons. The summed E-state index contributed by atoms with van der Waals surface area (Å²) in [7, 11) is -2.04. The molecule has 0 radical (unpaired) electrons. The normalized spacial score (nSPS) is 15.1. The lowest BCUT2D eigenvalue weighted by Crippen LogP contribution is -2.23. The number of hydrogen-bond donors (Lipinski definition) is 1. The molecule has 1 aliphatic rings. The highest BCUT2D eigenvalue weighted by molar-refractivity contribution is 7.92. The van der Waals surface area contributed by atoms with E-state index in [1.54, 1.807) is 48.7 Å². The zero-order valence-electron chi connectivity index (χ0n) is 13.9. The molecule has 3 rings (SSSR count). The third-order valence-corrected chi connectivity index (χ3v) is 5.83. The molecule has 7 nitrogen and oxygen atoms in total. The van der Waals surface area contributed by atoms with Gasteiger partial charge >= 0.3 is 0 Å². The van der Waals surface area contributed by atoms with Gasteiger partial charge in [0.1, 0.15) is 4.90 Å². The van der Waals surface area contributed by atoms with Crippen LogP contribution in [0.25, 0.3) is 0 Å². The number of sulfonamides is 1. The van der Waals surface area contributed by atoms with Crippen molar-refractivity contribution in [3.63, 3.8) is 0 Å². The van der Waals surface area contributed by atoms with Gasteiger partial charge in [-0.25, -0.2) is 8.42 Å². The smallest absolute Gasteiger partial charge is 0.265 e. The summed E-state index contributed by atoms with van der Waals surface area (Å²) in [6.45, 7) is 4.05. The quantitative estimate of drug-likeness (QED) is 0.915. The van der Waals surface area contributed by atoms with E-state index in [9.17, 15) is 13.2 Å². The predicted octanol–water partition coefficient (Wildman–Crippen LogP) is 1.96. The summed E-state index contributed by atoms with van der Waals surface area (Å²) in [5.41, 5.74) is 2.16. The van der Waals surface area contributed by atoms with Gasteiger partial charge in [0.25, 0.3) is 10.0 Å². The van der Waals surface area contributed by atoms with Crippen LogP contribution in [0.2, 0.25) is 0 Å². The first-order valence-corrected chi connectivity index (χ1v) is 9.21. The van der Waals surface area contributed by atoms with E-state index in [2.05, 4.69) is 9.82 Å². The van der Waals surface area contributed by atoms with Gasteiger partial charge in [-0.15, -0.1) is 0 Å². The van der Waals surface area contributed by atoms with E-state index in [-0.39, 0.29) is 10.8 Å². The molecule has 0 bridgehead atoms. The van der Waals surface area contributed by atoms with Crippen molar-refractivity contribution in [1.29, 1.82) is 0 Å². The second-order valence-corrected chi connectivity index (χ2v) is 7.55. The largest absolute Gasteiger partial charge is 0.312 e. The van der Waals surface area contributed by atoms with Crippen molar-refractivity contribution in [3.05, 3.63) is 35.7 Å². The van der Waals surface area contributed by atoms with Crippen LogP contribution in [0, 0.1) is 13.8 Å². The van der Waals surface area contributed by atoms with Crippen molar-refractivity contribution in [2.24, 2.45) is 7.05 Å². The number of benzene rings is 1. The van der Waals surface area contributed by atoms with E-state index in [0.29, 0.717) is 35.7 Å². The highest BCUT2D eigenvalue weighted by Crippen LogP contribution is 2.27. The number of nitrogens with one attached hydrogen (secondary N) is 1. The second kappa shape index (κ2) is 5.94. The van der Waals surface area contributed by atoms with Gasteiger partial charge in [-0.1, -0.05) is 6.07 Å². The maximum absolute atomic E-state index is 12.7. The Kier molecular flexibility index (Phi) is 4.08. The van der Waals surface area contributed by atoms with Crippen molar-refractivity contribution < 1.29 is 13.2 Å². The predicted molar refractivity (Wildman–Crippen MR) is 91.5 cm³/mol. The Balaban J connectivity index is 1.92. The number of carbonyl (C=O) groups excluding carboxylic acids is 1. The topological polar surface area (TPSA) is 84.3 Å². The first-order valence-electron chi connectivity index (χ1n) is 7.73. The molecule has 0 saturated carbocycles. The Bertz CT molecular complexity index is 902. The van der Waals surface area contributed by atoms with Crippen LogP contribution in [0.1, 0.15) is 24.2 Å². The summed E-state index contributed by atoms with van der Waals surface area (Å²) in [6.07, 6.45) is 1.35. The second-order valence-electron chi connectivity index (χ2n) is 5.93. The van der Waals surface area contributed by atoms with Gasteiger partial charge in [0.15, 0.2) is 0 Å². The zero-order valence-corrected chi connectivity index (χ0v) is 14.7. The fraction of sp³-hybridized carbons (Fsp3) is 0.375. The Labute approximate surface area is 141 Å². The van der Waals surface area contributed by atoms with Crippen LogP contribution in [0.4, 0.5) is 11.4 Å². The van der Waals surface area contributed by atoms with Crippen LogP contribution in [0.5, 0.6) is 0 Å². The van der Waals surface area contributed by atoms with Crippen LogP contribution in [0.3, 0.4) is 0 Å². The van der Waals surface area contributed by atoms with E-state index in [1.165, 1.54) is 0 Å². The highest BCUT2D eigenvalue weighted by atomic mass is 32.2. The summed E-state index contributed by atoms with van der Waals surface area (Å²) in [5, 5.41) is 4.15. The van der Waals surface area contributed by atoms with E-state index in [4.69, 9.17) is 0 Å². The fourth-order valence-electron chi connectivity index (χ4n) is 3.01. The Morgan fingerprint density at radius 3 is 2.58 bits per heavy atom. The zero-order chi connectivity index (χ0) is 17.5. The van der Waals surface area contributed by atoms with Gasteiger partial charge in [-0.2, -0.15) is 5.10 Å². The third-order valence-electron chi connectivity index (χ3n) is 4.19. The summed E-state index contributed by atoms with van der Waals surface area (Å²) in [4.78, 5) is 13.7. The average molecular weight is 348 g/mol. The van der Waals surface area contributed by atoms with Gasteiger partial charge in [-0.3, -0.25) is 14.2 Å². The highest BCUT2D eigenvalue weighted by Gasteiger charge is 2.25. The molecular formula is C16H20N4O3S. The van der Waals surface area contributed by atoms with Gasteiger partial charge in [0.05, 0.1) is 17.1 Å². The molecule has 0 unspecified atom stereocenters. The molecule has 1 aromatic heterocycles. The number of aryl methyl sites for hydroxylation is 2. The monoisotopic (exact) mass is 348 g/mol. The van der Waals surface area contributed by atoms with Crippen LogP contribution in [0.15, 0.2) is 29.2 Å². The summed E-state index contributed by atoms with van der Waals surface area (Å²) in [6, 6.07) is 6.90. The number of carbonyl (C=O) groups is 1. The molecule has 24 heavy (non-hydrogen) atoms. The van der Waals surface area contributed by atoms with Crippen molar-refractivity contribution in [1.82, 2.24) is 9.78 Å². The first-order chi connectivity index (χ1) is 11.3. The van der Waals surface area contributed by atoms with Crippen LogP contribution < -0.4 is 9.62 Å². The van der Waals surface area contributed by atoms with Crippen molar-refractivity contribution in [2.75, 3.05) is 16.2 Å². The summed E-state index contributed by atoms with van der Waals surface area (Å²) in [5.74, 6) is 0.0638. The average Bonchev–Trinajstić information content (AvgIpc) is 3.03. The summed E-state index contributed by atoms with van der Waals surface area (Å²) < 4.78 is 29.6. The fourth-order valence-corrected chi connectivity index (χ4v) is 4.50. The minimum atomic E-state index is -3.74. The van der Waals surface area contributed by atoms with Crippen LogP contribution >= 0.6 is 0 Å². The van der Waals surface area contributed by atoms with E-state index in [0.717, 1.165) is 6.42 Å². The molecule has 1 N–H and O–H groups in total. The van der Waals surface area contributed by atoms with Crippen molar-refractivity contribution >= 4 is 27.3 Å². The van der Waals surface area contributed by atoms with Crippen LogP contribution in [-0.2, 0) is 21.9 Å². The molecule has 2 heterocycles. The van der Waals surface area contributed by atoms with Crippen LogP contribution in [-0.4, -0.2) is 30.7 Å². The number of nitrogens with zero attached hydrogens (tertiary/aromatic N) is 3. The molecular weight excluding hydrogens is 328 g/mol. The van der Waals surface area contributed by atoms with E-state index < -0.39 is 10.0 Å². The lowest BCUT2D eigenvalue weighted by atomic mass is 10.2. The SMILES string of the molecule is Cc1nn(C)c(C)c1S(=O)(=O)Nc1cccc(N2CCCC2=O)c1. The lowest BCUT2D eigenvalue weighted by molar-refractivity contribution is -0.117. The first kappa shape index (κ1) is 16.5. The maximum atomic E-state index is 12.7. The van der Waals surface area contributed by atoms with Gasteiger partial charge in [0, 0.05) is 25.7 Å². The number of rotatable bonds is 4. The number of hydrogen-bond acceptors (Lipinski definition) is 4. The third kappa shape index (κ3) is 2.89. The number of amides is 1. The molecule has 0 atom stereocenters. The Hall–Kier alpha value is -2.35. The summed E-state index contributed by atoms with van der Waals surface area (Å²) >= 11 is 0. The molecule has 1 aromatic carbocycles. The lowest BCUT2D eigenvalue weighted by Gasteiger charge is -2.17. The molecule has 0 aliphatic carbocycles. The molecule has 1 aliphatic heterocycles. The molecule has 1 fully saturated rings. The number of aromatic nitrogens is 2. The number of anilines is 2. The van der Waals surface area contributed by atoms with E-state index in [1.807, 2.05) is 6.07 Å². The molecule has 2 aromatic rings. The van der Waals surface area contributed by atoms with E-state index >= 15 is 0 Å². The van der Waals surface area contributed by atoms with Crippen molar-refractivity contribution in [2.45, 2.75) is 31.6 Å². The minimum absolute atomic E-state index is 0.0638.